The molecule has 2 aromatic heterocycles. The zero-order valence-electron chi connectivity index (χ0n) is 13.4. The molecule has 3 heterocycles. The second-order valence-corrected chi connectivity index (χ2v) is 5.98. The third-order valence-corrected chi connectivity index (χ3v) is 4.60. The van der Waals surface area contributed by atoms with Gasteiger partial charge in [0.05, 0.1) is 5.92 Å². The molecule has 0 unspecified atom stereocenters. The molecular formula is C17H24N4O. The zero-order valence-corrected chi connectivity index (χ0v) is 13.4. The number of aryl methyl sites for hydroxylation is 1. The molecule has 22 heavy (non-hydrogen) atoms. The molecule has 0 amide bonds. The van der Waals surface area contributed by atoms with E-state index < -0.39 is 0 Å². The fourth-order valence-electron chi connectivity index (χ4n) is 3.22. The fraction of sp³-hybridized carbons (Fsp3) is 0.588. The highest BCUT2D eigenvalue weighted by Gasteiger charge is 2.32. The van der Waals surface area contributed by atoms with Gasteiger partial charge in [-0.3, -0.25) is 9.88 Å². The third-order valence-electron chi connectivity index (χ3n) is 4.60. The maximum absolute atomic E-state index is 5.79. The van der Waals surface area contributed by atoms with Crippen molar-refractivity contribution in [2.24, 2.45) is 0 Å². The normalized spacial score (nSPS) is 22.8. The SMILES string of the molecule is CCc1nnc([C@H]2CCCN(CCc3ccccn3)[C@H]2C)o1. The van der Waals surface area contributed by atoms with E-state index in [4.69, 9.17) is 4.42 Å². The van der Waals surface area contributed by atoms with Crippen LogP contribution in [0.25, 0.3) is 0 Å². The van der Waals surface area contributed by atoms with Gasteiger partial charge in [-0.15, -0.1) is 10.2 Å². The molecule has 0 aliphatic carbocycles. The van der Waals surface area contributed by atoms with Crippen molar-refractivity contribution in [2.45, 2.75) is 51.5 Å². The summed E-state index contributed by atoms with van der Waals surface area (Å²) in [6.07, 6.45) is 5.97. The molecule has 0 radical (unpaired) electrons. The number of hydrogen-bond donors (Lipinski definition) is 0. The van der Waals surface area contributed by atoms with Gasteiger partial charge in [-0.05, 0) is 38.4 Å². The molecule has 2 atom stereocenters. The van der Waals surface area contributed by atoms with E-state index in [1.807, 2.05) is 19.2 Å². The van der Waals surface area contributed by atoms with Crippen molar-refractivity contribution in [1.29, 1.82) is 0 Å². The largest absolute Gasteiger partial charge is 0.425 e. The van der Waals surface area contributed by atoms with E-state index >= 15 is 0 Å². The number of piperidine rings is 1. The first-order valence-electron chi connectivity index (χ1n) is 8.24. The van der Waals surface area contributed by atoms with Crippen LogP contribution in [0.4, 0.5) is 0 Å². The topological polar surface area (TPSA) is 55.1 Å². The minimum atomic E-state index is 0.352. The van der Waals surface area contributed by atoms with Crippen molar-refractivity contribution in [2.75, 3.05) is 13.1 Å². The first kappa shape index (κ1) is 15.2. The van der Waals surface area contributed by atoms with E-state index in [-0.39, 0.29) is 0 Å². The minimum absolute atomic E-state index is 0.352. The van der Waals surface area contributed by atoms with Crippen LogP contribution in [0.1, 0.15) is 50.1 Å². The Morgan fingerprint density at radius 3 is 2.95 bits per heavy atom. The van der Waals surface area contributed by atoms with Crippen molar-refractivity contribution in [3.63, 3.8) is 0 Å². The summed E-state index contributed by atoms with van der Waals surface area (Å²) in [5.41, 5.74) is 1.16. The van der Waals surface area contributed by atoms with Crippen LogP contribution >= 0.6 is 0 Å². The highest BCUT2D eigenvalue weighted by Crippen LogP contribution is 2.31. The highest BCUT2D eigenvalue weighted by molar-refractivity contribution is 5.05. The van der Waals surface area contributed by atoms with Crippen LogP contribution in [-0.2, 0) is 12.8 Å². The van der Waals surface area contributed by atoms with Gasteiger partial charge in [0.1, 0.15) is 0 Å². The van der Waals surface area contributed by atoms with Gasteiger partial charge in [0.15, 0.2) is 0 Å². The van der Waals surface area contributed by atoms with Crippen molar-refractivity contribution in [1.82, 2.24) is 20.1 Å². The van der Waals surface area contributed by atoms with Gasteiger partial charge in [-0.1, -0.05) is 13.0 Å². The maximum Gasteiger partial charge on any atom is 0.221 e. The Morgan fingerprint density at radius 2 is 2.23 bits per heavy atom. The lowest BCUT2D eigenvalue weighted by Gasteiger charge is -2.37. The molecule has 5 nitrogen and oxygen atoms in total. The molecule has 1 fully saturated rings. The Kier molecular flexibility index (Phi) is 4.83. The van der Waals surface area contributed by atoms with Crippen LogP contribution < -0.4 is 0 Å². The Hall–Kier alpha value is -1.75. The second kappa shape index (κ2) is 7.01. The number of aromatic nitrogens is 3. The monoisotopic (exact) mass is 300 g/mol. The Morgan fingerprint density at radius 1 is 1.32 bits per heavy atom. The van der Waals surface area contributed by atoms with Crippen molar-refractivity contribution in [3.8, 4) is 0 Å². The van der Waals surface area contributed by atoms with E-state index in [0.717, 1.165) is 49.8 Å². The quantitative estimate of drug-likeness (QED) is 0.850. The molecule has 0 N–H and O–H groups in total. The number of pyridine rings is 1. The molecule has 0 aromatic carbocycles. The van der Waals surface area contributed by atoms with E-state index in [2.05, 4.69) is 39.1 Å². The minimum Gasteiger partial charge on any atom is -0.425 e. The zero-order chi connectivity index (χ0) is 15.4. The summed E-state index contributed by atoms with van der Waals surface area (Å²) in [5.74, 6) is 1.91. The van der Waals surface area contributed by atoms with Crippen LogP contribution in [0, 0.1) is 0 Å². The van der Waals surface area contributed by atoms with Crippen molar-refractivity contribution >= 4 is 0 Å². The smallest absolute Gasteiger partial charge is 0.221 e. The number of rotatable bonds is 5. The first-order chi connectivity index (χ1) is 10.8. The van der Waals surface area contributed by atoms with Gasteiger partial charge in [0.25, 0.3) is 0 Å². The molecule has 1 aliphatic heterocycles. The molecular weight excluding hydrogens is 276 g/mol. The lowest BCUT2D eigenvalue weighted by Crippen LogP contribution is -2.43. The van der Waals surface area contributed by atoms with Gasteiger partial charge in [0.2, 0.25) is 11.8 Å². The molecule has 5 heteroatoms. The first-order valence-corrected chi connectivity index (χ1v) is 8.24. The van der Waals surface area contributed by atoms with Crippen LogP contribution in [0.2, 0.25) is 0 Å². The average Bonchev–Trinajstić information content (AvgIpc) is 3.04. The third kappa shape index (κ3) is 3.35. The molecule has 0 saturated carbocycles. The van der Waals surface area contributed by atoms with E-state index in [1.54, 1.807) is 0 Å². The molecule has 0 spiro atoms. The Bertz CT molecular complexity index is 583. The summed E-state index contributed by atoms with van der Waals surface area (Å²) in [4.78, 5) is 6.94. The molecule has 2 aromatic rings. The number of nitrogens with zero attached hydrogens (tertiary/aromatic N) is 4. The van der Waals surface area contributed by atoms with Crippen LogP contribution in [-0.4, -0.2) is 39.2 Å². The standard InChI is InChI=1S/C17H24N4O/c1-3-16-19-20-17(22-16)15-8-6-11-21(13(15)2)12-9-14-7-4-5-10-18-14/h4-5,7,10,13,15H,3,6,8-9,11-12H2,1-2H3/t13-,15-/m0/s1. The van der Waals surface area contributed by atoms with Crippen LogP contribution in [0.5, 0.6) is 0 Å². The lowest BCUT2D eigenvalue weighted by atomic mass is 9.90. The summed E-state index contributed by atoms with van der Waals surface area (Å²) >= 11 is 0. The van der Waals surface area contributed by atoms with Gasteiger partial charge in [-0.25, -0.2) is 0 Å². The predicted octanol–water partition coefficient (Wildman–Crippen LogP) is 2.84. The Labute approximate surface area is 131 Å². The second-order valence-electron chi connectivity index (χ2n) is 5.98. The van der Waals surface area contributed by atoms with E-state index in [9.17, 15) is 0 Å². The van der Waals surface area contributed by atoms with E-state index in [1.165, 1.54) is 6.42 Å². The molecule has 118 valence electrons. The molecule has 1 saturated heterocycles. The van der Waals surface area contributed by atoms with E-state index in [0.29, 0.717) is 12.0 Å². The summed E-state index contributed by atoms with van der Waals surface area (Å²) in [6.45, 7) is 6.49. The lowest BCUT2D eigenvalue weighted by molar-refractivity contribution is 0.127. The predicted molar refractivity (Wildman–Crippen MR) is 84.6 cm³/mol. The average molecular weight is 300 g/mol. The number of likely N-dealkylation sites (tertiary alicyclic amines) is 1. The van der Waals surface area contributed by atoms with Crippen LogP contribution in [0.3, 0.4) is 0 Å². The summed E-state index contributed by atoms with van der Waals surface area (Å²) in [5, 5.41) is 8.38. The van der Waals surface area contributed by atoms with Crippen LogP contribution in [0.15, 0.2) is 28.8 Å². The van der Waals surface area contributed by atoms with Gasteiger partial charge < -0.3 is 4.42 Å². The summed E-state index contributed by atoms with van der Waals surface area (Å²) < 4.78 is 5.79. The van der Waals surface area contributed by atoms with Gasteiger partial charge in [-0.2, -0.15) is 0 Å². The maximum atomic E-state index is 5.79. The fourth-order valence-corrected chi connectivity index (χ4v) is 3.22. The van der Waals surface area contributed by atoms with Gasteiger partial charge >= 0.3 is 0 Å². The van der Waals surface area contributed by atoms with Crippen molar-refractivity contribution in [3.05, 3.63) is 41.9 Å². The highest BCUT2D eigenvalue weighted by atomic mass is 16.4. The summed E-state index contributed by atoms with van der Waals surface area (Å²) in [7, 11) is 0. The van der Waals surface area contributed by atoms with Crippen molar-refractivity contribution < 1.29 is 4.42 Å². The molecule has 1 aliphatic rings. The van der Waals surface area contributed by atoms with Gasteiger partial charge in [0, 0.05) is 37.3 Å². The Balaban J connectivity index is 1.63. The molecule has 3 rings (SSSR count). The summed E-state index contributed by atoms with van der Waals surface area (Å²) in [6, 6.07) is 6.54. The molecule has 0 bridgehead atoms. The number of hydrogen-bond acceptors (Lipinski definition) is 5.